The van der Waals surface area contributed by atoms with Crippen LogP contribution in [0.15, 0.2) is 52.0 Å². The number of phenols is 1. The van der Waals surface area contributed by atoms with Gasteiger partial charge in [-0.05, 0) is 36.4 Å². The van der Waals surface area contributed by atoms with Gasteiger partial charge in [-0.15, -0.1) is 0 Å². The lowest BCUT2D eigenvalue weighted by molar-refractivity contribution is 0.0954. The fourth-order valence-corrected chi connectivity index (χ4v) is 1.86. The van der Waals surface area contributed by atoms with Crippen molar-refractivity contribution in [1.82, 2.24) is 5.43 Å². The molecule has 0 heterocycles. The molecule has 0 aliphatic carbocycles. The Morgan fingerprint density at radius 1 is 1.30 bits per heavy atom. The molecule has 1 amide bonds. The molecule has 0 radical (unpaired) electrons. The fourth-order valence-electron chi connectivity index (χ4n) is 1.48. The number of amides is 1. The molecule has 0 saturated carbocycles. The Kier molecular flexibility index (Phi) is 4.47. The molecule has 102 valence electrons. The average Bonchev–Trinajstić information content (AvgIpc) is 2.42. The van der Waals surface area contributed by atoms with Gasteiger partial charge < -0.3 is 5.11 Å². The Labute approximate surface area is 123 Å². The molecule has 4 nitrogen and oxygen atoms in total. The lowest BCUT2D eigenvalue weighted by Crippen LogP contribution is -2.17. The van der Waals surface area contributed by atoms with Crippen molar-refractivity contribution in [2.24, 2.45) is 5.10 Å². The van der Waals surface area contributed by atoms with Crippen LogP contribution < -0.4 is 5.43 Å². The van der Waals surface area contributed by atoms with Gasteiger partial charge in [0.15, 0.2) is 0 Å². The van der Waals surface area contributed by atoms with Crippen LogP contribution in [-0.4, -0.2) is 17.2 Å². The van der Waals surface area contributed by atoms with Crippen molar-refractivity contribution >= 4 is 28.1 Å². The van der Waals surface area contributed by atoms with Crippen LogP contribution in [0.3, 0.4) is 0 Å². The third kappa shape index (κ3) is 3.64. The van der Waals surface area contributed by atoms with E-state index in [1.165, 1.54) is 30.5 Å². The maximum absolute atomic E-state index is 13.0. The van der Waals surface area contributed by atoms with E-state index in [4.69, 9.17) is 0 Å². The van der Waals surface area contributed by atoms with Crippen LogP contribution in [-0.2, 0) is 0 Å². The van der Waals surface area contributed by atoms with Crippen LogP contribution in [0.5, 0.6) is 5.75 Å². The van der Waals surface area contributed by atoms with Crippen LogP contribution in [0.4, 0.5) is 4.39 Å². The Bertz CT molecular complexity index is 674. The molecule has 2 rings (SSSR count). The summed E-state index contributed by atoms with van der Waals surface area (Å²) in [5, 5.41) is 13.3. The van der Waals surface area contributed by atoms with E-state index in [1.807, 2.05) is 0 Å². The number of halogens is 2. The molecule has 2 aromatic rings. The lowest BCUT2D eigenvalue weighted by Gasteiger charge is -2.01. The van der Waals surface area contributed by atoms with Gasteiger partial charge in [-0.2, -0.15) is 5.10 Å². The molecule has 0 spiro atoms. The third-order valence-electron chi connectivity index (χ3n) is 2.45. The van der Waals surface area contributed by atoms with Crippen LogP contribution in [0, 0.1) is 5.82 Å². The molecule has 2 aromatic carbocycles. The second-order valence-electron chi connectivity index (χ2n) is 3.91. The second kappa shape index (κ2) is 6.29. The summed E-state index contributed by atoms with van der Waals surface area (Å²) in [6.07, 6.45) is 1.30. The number of nitrogens with zero attached hydrogens (tertiary/aromatic N) is 1. The number of benzene rings is 2. The van der Waals surface area contributed by atoms with Gasteiger partial charge in [0.05, 0.1) is 6.21 Å². The zero-order valence-corrected chi connectivity index (χ0v) is 11.8. The molecular formula is C14H10BrFN2O2. The number of rotatable bonds is 3. The lowest BCUT2D eigenvalue weighted by atomic mass is 10.2. The van der Waals surface area contributed by atoms with Crippen molar-refractivity contribution in [2.45, 2.75) is 0 Å². The number of aromatic hydroxyl groups is 1. The zero-order chi connectivity index (χ0) is 14.5. The van der Waals surface area contributed by atoms with Gasteiger partial charge in [0.25, 0.3) is 5.91 Å². The van der Waals surface area contributed by atoms with Gasteiger partial charge >= 0.3 is 0 Å². The molecule has 20 heavy (non-hydrogen) atoms. The number of carbonyl (C=O) groups is 1. The first-order valence-corrected chi connectivity index (χ1v) is 6.43. The van der Waals surface area contributed by atoms with E-state index >= 15 is 0 Å². The van der Waals surface area contributed by atoms with E-state index < -0.39 is 11.7 Å². The van der Waals surface area contributed by atoms with Crippen molar-refractivity contribution in [3.63, 3.8) is 0 Å². The molecular weight excluding hydrogens is 327 g/mol. The van der Waals surface area contributed by atoms with E-state index in [9.17, 15) is 14.3 Å². The van der Waals surface area contributed by atoms with Crippen molar-refractivity contribution in [3.05, 3.63) is 63.9 Å². The Hall–Kier alpha value is -2.21. The first kappa shape index (κ1) is 14.2. The molecule has 0 fully saturated rings. The summed E-state index contributed by atoms with van der Waals surface area (Å²) in [7, 11) is 0. The first-order chi connectivity index (χ1) is 9.56. The van der Waals surface area contributed by atoms with Crippen molar-refractivity contribution in [3.8, 4) is 5.75 Å². The van der Waals surface area contributed by atoms with E-state index in [0.717, 1.165) is 10.5 Å². The molecule has 0 bridgehead atoms. The molecule has 0 atom stereocenters. The summed E-state index contributed by atoms with van der Waals surface area (Å²) in [6.45, 7) is 0. The van der Waals surface area contributed by atoms with Crippen molar-refractivity contribution in [2.75, 3.05) is 0 Å². The monoisotopic (exact) mass is 336 g/mol. The Morgan fingerprint density at radius 3 is 2.85 bits per heavy atom. The maximum Gasteiger partial charge on any atom is 0.271 e. The minimum atomic E-state index is -0.532. The molecule has 0 aliphatic rings. The molecule has 0 aromatic heterocycles. The molecule has 6 heteroatoms. The van der Waals surface area contributed by atoms with Gasteiger partial charge in [0.2, 0.25) is 0 Å². The molecule has 0 unspecified atom stereocenters. The highest BCUT2D eigenvalue weighted by atomic mass is 79.9. The molecule has 0 aliphatic heterocycles. The quantitative estimate of drug-likeness (QED) is 0.668. The highest BCUT2D eigenvalue weighted by molar-refractivity contribution is 9.10. The van der Waals surface area contributed by atoms with Crippen LogP contribution in [0.25, 0.3) is 0 Å². The minimum absolute atomic E-state index is 0.0388. The standard InChI is InChI=1S/C14H10BrFN2O2/c15-11-4-5-13(19)10(6-11)8-17-18-14(20)9-2-1-3-12(16)7-9/h1-8,19H,(H,18,20)/b17-8-. The number of hydrogen-bond donors (Lipinski definition) is 2. The summed E-state index contributed by atoms with van der Waals surface area (Å²) in [6, 6.07) is 10.1. The highest BCUT2D eigenvalue weighted by Gasteiger charge is 2.05. The van der Waals surface area contributed by atoms with Gasteiger partial charge in [0.1, 0.15) is 11.6 Å². The van der Waals surface area contributed by atoms with E-state index in [-0.39, 0.29) is 11.3 Å². The number of nitrogens with one attached hydrogen (secondary N) is 1. The van der Waals surface area contributed by atoms with E-state index in [1.54, 1.807) is 12.1 Å². The minimum Gasteiger partial charge on any atom is -0.507 e. The molecule has 0 saturated heterocycles. The highest BCUT2D eigenvalue weighted by Crippen LogP contribution is 2.19. The summed E-state index contributed by atoms with van der Waals surface area (Å²) in [5.74, 6) is -0.988. The zero-order valence-electron chi connectivity index (χ0n) is 10.2. The predicted octanol–water partition coefficient (Wildman–Crippen LogP) is 3.06. The predicted molar refractivity (Wildman–Crippen MR) is 77.3 cm³/mol. The summed E-state index contributed by atoms with van der Waals surface area (Å²) >= 11 is 3.26. The number of hydrogen-bond acceptors (Lipinski definition) is 3. The summed E-state index contributed by atoms with van der Waals surface area (Å²) < 4.78 is 13.7. The third-order valence-corrected chi connectivity index (χ3v) is 2.94. The van der Waals surface area contributed by atoms with Crippen molar-refractivity contribution < 1.29 is 14.3 Å². The first-order valence-electron chi connectivity index (χ1n) is 5.64. The van der Waals surface area contributed by atoms with Crippen LogP contribution >= 0.6 is 15.9 Å². The van der Waals surface area contributed by atoms with Gasteiger partial charge in [-0.25, -0.2) is 9.82 Å². The van der Waals surface area contributed by atoms with Crippen LogP contribution in [0.1, 0.15) is 15.9 Å². The second-order valence-corrected chi connectivity index (χ2v) is 4.83. The average molecular weight is 337 g/mol. The summed E-state index contributed by atoms with van der Waals surface area (Å²) in [5.41, 5.74) is 2.87. The van der Waals surface area contributed by atoms with Gasteiger partial charge in [-0.3, -0.25) is 4.79 Å². The largest absolute Gasteiger partial charge is 0.507 e. The normalized spacial score (nSPS) is 10.7. The topological polar surface area (TPSA) is 61.7 Å². The molecule has 2 N–H and O–H groups in total. The SMILES string of the molecule is O=C(N/N=C\c1cc(Br)ccc1O)c1cccc(F)c1. The summed E-state index contributed by atoms with van der Waals surface area (Å²) in [4.78, 5) is 11.7. The van der Waals surface area contributed by atoms with Gasteiger partial charge in [-0.1, -0.05) is 22.0 Å². The maximum atomic E-state index is 13.0. The van der Waals surface area contributed by atoms with E-state index in [2.05, 4.69) is 26.5 Å². The fraction of sp³-hybridized carbons (Fsp3) is 0. The van der Waals surface area contributed by atoms with Crippen molar-refractivity contribution in [1.29, 1.82) is 0 Å². The van der Waals surface area contributed by atoms with Gasteiger partial charge in [0, 0.05) is 15.6 Å². The number of carbonyl (C=O) groups excluding carboxylic acids is 1. The Morgan fingerprint density at radius 2 is 2.10 bits per heavy atom. The number of hydrazone groups is 1. The van der Waals surface area contributed by atoms with E-state index in [0.29, 0.717) is 5.56 Å². The smallest absolute Gasteiger partial charge is 0.271 e. The van der Waals surface area contributed by atoms with Crippen LogP contribution in [0.2, 0.25) is 0 Å². The Balaban J connectivity index is 2.06. The number of phenolic OH excluding ortho intramolecular Hbond substituents is 1.